The highest BCUT2D eigenvalue weighted by Gasteiger charge is 2.27. The molecule has 2 N–H and O–H groups in total. The second-order valence-electron chi connectivity index (χ2n) is 3.11. The lowest BCUT2D eigenvalue weighted by atomic mass is 10.3. The number of nitrogens with one attached hydrogen (secondary N) is 1. The third kappa shape index (κ3) is 3.55. The van der Waals surface area contributed by atoms with Crippen LogP contribution >= 0.6 is 0 Å². The molecule has 0 aliphatic carbocycles. The molecule has 0 aromatic carbocycles. The molecule has 1 rings (SSSR count). The van der Waals surface area contributed by atoms with Crippen LogP contribution in [0.3, 0.4) is 0 Å². The van der Waals surface area contributed by atoms with Crippen molar-refractivity contribution in [3.05, 3.63) is 28.0 Å². The van der Waals surface area contributed by atoms with Gasteiger partial charge in [-0.2, -0.15) is 0 Å². The molecular weight excluding hydrogens is 226 g/mol. The van der Waals surface area contributed by atoms with E-state index in [0.29, 0.717) is 0 Å². The van der Waals surface area contributed by atoms with Gasteiger partial charge in [0, 0.05) is 0 Å². The summed E-state index contributed by atoms with van der Waals surface area (Å²) >= 11 is 0. The first-order valence-electron chi connectivity index (χ1n) is 4.37. The Kier molecular flexibility index (Phi) is 3.91. The Morgan fingerprint density at radius 2 is 2.25 bits per heavy atom. The van der Waals surface area contributed by atoms with Crippen LogP contribution in [0.25, 0.3) is 0 Å². The van der Waals surface area contributed by atoms with Crippen LogP contribution in [0.4, 0.5) is 14.7 Å². The van der Waals surface area contributed by atoms with Gasteiger partial charge in [-0.1, -0.05) is 0 Å². The topological polar surface area (TPSA) is 88.5 Å². The van der Waals surface area contributed by atoms with Gasteiger partial charge >= 0.3 is 5.88 Å². The lowest BCUT2D eigenvalue weighted by molar-refractivity contribution is -0.402. The molecule has 0 amide bonds. The lowest BCUT2D eigenvalue weighted by Gasteiger charge is -2.12. The van der Waals surface area contributed by atoms with E-state index < -0.39 is 29.9 Å². The van der Waals surface area contributed by atoms with Crippen molar-refractivity contribution in [1.82, 2.24) is 5.32 Å². The zero-order valence-electron chi connectivity index (χ0n) is 8.15. The SMILES string of the molecule is O=[N+]([O-])c1ccc(CNCC(F)(F)CO)o1. The van der Waals surface area contributed by atoms with Crippen LogP contribution < -0.4 is 5.32 Å². The minimum atomic E-state index is -3.21. The number of furan rings is 1. The van der Waals surface area contributed by atoms with Crippen LogP contribution in [0.1, 0.15) is 5.76 Å². The Hall–Kier alpha value is -1.54. The van der Waals surface area contributed by atoms with Crippen LogP contribution in [0.5, 0.6) is 0 Å². The van der Waals surface area contributed by atoms with Crippen molar-refractivity contribution in [2.75, 3.05) is 13.2 Å². The molecule has 90 valence electrons. The Balaban J connectivity index is 2.40. The van der Waals surface area contributed by atoms with Gasteiger partial charge in [0.25, 0.3) is 5.92 Å². The van der Waals surface area contributed by atoms with Crippen molar-refractivity contribution >= 4 is 5.88 Å². The summed E-state index contributed by atoms with van der Waals surface area (Å²) in [5, 5.41) is 20.8. The van der Waals surface area contributed by atoms with Gasteiger partial charge in [0.2, 0.25) is 0 Å². The summed E-state index contributed by atoms with van der Waals surface area (Å²) in [5.41, 5.74) is 0. The van der Waals surface area contributed by atoms with Crippen LogP contribution in [-0.4, -0.2) is 29.1 Å². The third-order valence-electron chi connectivity index (χ3n) is 1.74. The summed E-state index contributed by atoms with van der Waals surface area (Å²) in [4.78, 5) is 9.52. The Bertz CT molecular complexity index is 367. The summed E-state index contributed by atoms with van der Waals surface area (Å²) < 4.78 is 29.8. The van der Waals surface area contributed by atoms with Crippen LogP contribution in [0.2, 0.25) is 0 Å². The molecule has 0 saturated carbocycles. The van der Waals surface area contributed by atoms with Crippen molar-refractivity contribution < 1.29 is 23.2 Å². The molecule has 0 spiro atoms. The molecule has 0 radical (unpaired) electrons. The summed E-state index contributed by atoms with van der Waals surface area (Å²) in [5.74, 6) is -3.47. The Morgan fingerprint density at radius 1 is 1.56 bits per heavy atom. The molecule has 0 fully saturated rings. The van der Waals surface area contributed by atoms with Gasteiger partial charge in [-0.15, -0.1) is 0 Å². The van der Waals surface area contributed by atoms with Crippen LogP contribution in [0, 0.1) is 10.1 Å². The number of aliphatic hydroxyl groups is 1. The minimum absolute atomic E-state index is 0.0660. The Morgan fingerprint density at radius 3 is 2.75 bits per heavy atom. The summed E-state index contributed by atoms with van der Waals surface area (Å²) in [7, 11) is 0. The normalized spacial score (nSPS) is 11.7. The van der Waals surface area contributed by atoms with Gasteiger partial charge in [-0.25, -0.2) is 8.78 Å². The van der Waals surface area contributed by atoms with Crippen LogP contribution in [0.15, 0.2) is 16.5 Å². The Labute approximate surface area is 89.0 Å². The van der Waals surface area contributed by atoms with E-state index in [1.807, 2.05) is 0 Å². The third-order valence-corrected chi connectivity index (χ3v) is 1.74. The second-order valence-corrected chi connectivity index (χ2v) is 3.11. The molecule has 0 bridgehead atoms. The van der Waals surface area contributed by atoms with Crippen molar-refractivity contribution in [3.8, 4) is 0 Å². The van der Waals surface area contributed by atoms with Gasteiger partial charge < -0.3 is 14.8 Å². The zero-order chi connectivity index (χ0) is 12.2. The molecule has 1 heterocycles. The van der Waals surface area contributed by atoms with E-state index in [-0.39, 0.29) is 12.3 Å². The van der Waals surface area contributed by atoms with Gasteiger partial charge in [-0.05, 0) is 6.07 Å². The molecule has 0 atom stereocenters. The number of alkyl halides is 2. The maximum atomic E-state index is 12.5. The van der Waals surface area contributed by atoms with Gasteiger partial charge in [0.15, 0.2) is 0 Å². The molecule has 0 saturated heterocycles. The van der Waals surface area contributed by atoms with Crippen molar-refractivity contribution in [1.29, 1.82) is 0 Å². The van der Waals surface area contributed by atoms with Crippen molar-refractivity contribution in [3.63, 3.8) is 0 Å². The predicted octanol–water partition coefficient (Wildman–Crippen LogP) is 0.905. The molecular formula is C8H10F2N2O4. The quantitative estimate of drug-likeness (QED) is 0.566. The highest BCUT2D eigenvalue weighted by Crippen LogP contribution is 2.16. The number of hydrogen-bond donors (Lipinski definition) is 2. The number of nitrogens with zero attached hydrogens (tertiary/aromatic N) is 1. The molecule has 1 aromatic heterocycles. The maximum Gasteiger partial charge on any atom is 0.433 e. The van der Waals surface area contributed by atoms with E-state index in [4.69, 9.17) is 9.52 Å². The van der Waals surface area contributed by atoms with E-state index in [0.717, 1.165) is 6.07 Å². The molecule has 0 unspecified atom stereocenters. The molecule has 8 heteroatoms. The summed E-state index contributed by atoms with van der Waals surface area (Å²) in [6.07, 6.45) is 0. The highest BCUT2D eigenvalue weighted by molar-refractivity contribution is 5.17. The molecule has 0 aliphatic rings. The summed E-state index contributed by atoms with van der Waals surface area (Å²) in [6.45, 7) is -2.04. The van der Waals surface area contributed by atoms with Crippen LogP contribution in [-0.2, 0) is 6.54 Å². The standard InChI is InChI=1S/C8H10F2N2O4/c9-8(10,5-13)4-11-3-6-1-2-7(16-6)12(14)15/h1-2,11,13H,3-5H2. The number of halogens is 2. The summed E-state index contributed by atoms with van der Waals surface area (Å²) in [6, 6.07) is 2.46. The molecule has 1 aromatic rings. The first-order valence-corrected chi connectivity index (χ1v) is 4.37. The number of hydrogen-bond acceptors (Lipinski definition) is 5. The van der Waals surface area contributed by atoms with E-state index >= 15 is 0 Å². The van der Waals surface area contributed by atoms with E-state index in [2.05, 4.69) is 5.32 Å². The minimum Gasteiger partial charge on any atom is -0.404 e. The van der Waals surface area contributed by atoms with Crippen molar-refractivity contribution in [2.45, 2.75) is 12.5 Å². The average molecular weight is 236 g/mol. The average Bonchev–Trinajstić information content (AvgIpc) is 2.66. The van der Waals surface area contributed by atoms with E-state index in [1.54, 1.807) is 0 Å². The second kappa shape index (κ2) is 4.99. The maximum absolute atomic E-state index is 12.5. The van der Waals surface area contributed by atoms with E-state index in [1.165, 1.54) is 6.07 Å². The fourth-order valence-corrected chi connectivity index (χ4v) is 0.984. The fraction of sp³-hybridized carbons (Fsp3) is 0.500. The number of rotatable bonds is 6. The van der Waals surface area contributed by atoms with Gasteiger partial charge in [0.1, 0.15) is 17.3 Å². The smallest absolute Gasteiger partial charge is 0.404 e. The number of nitro groups is 1. The van der Waals surface area contributed by atoms with Gasteiger partial charge in [0.05, 0.1) is 19.2 Å². The van der Waals surface area contributed by atoms with E-state index in [9.17, 15) is 18.9 Å². The predicted molar refractivity (Wildman–Crippen MR) is 49.1 cm³/mol. The number of aliphatic hydroxyl groups excluding tert-OH is 1. The molecule has 0 aliphatic heterocycles. The zero-order valence-corrected chi connectivity index (χ0v) is 8.15. The lowest BCUT2D eigenvalue weighted by Crippen LogP contribution is -2.35. The van der Waals surface area contributed by atoms with Crippen molar-refractivity contribution in [2.24, 2.45) is 0 Å². The van der Waals surface area contributed by atoms with Gasteiger partial charge in [-0.3, -0.25) is 10.1 Å². The molecule has 6 nitrogen and oxygen atoms in total. The first-order chi connectivity index (χ1) is 7.44. The molecule has 16 heavy (non-hydrogen) atoms. The fourth-order valence-electron chi connectivity index (χ4n) is 0.984. The largest absolute Gasteiger partial charge is 0.433 e. The highest BCUT2D eigenvalue weighted by atomic mass is 19.3. The monoisotopic (exact) mass is 236 g/mol. The first kappa shape index (κ1) is 12.5.